The van der Waals surface area contributed by atoms with Crippen molar-refractivity contribution >= 4 is 5.91 Å². The molecule has 20 heavy (non-hydrogen) atoms. The number of carbonyl (C=O) groups excluding carboxylic acids is 1. The Labute approximate surface area is 124 Å². The van der Waals surface area contributed by atoms with E-state index in [1.54, 1.807) is 0 Å². The molecular weight excluding hydrogens is 252 g/mol. The molecule has 1 amide bonds. The van der Waals surface area contributed by atoms with E-state index in [0.717, 1.165) is 32.2 Å². The Hall–Kier alpha value is -0.610. The summed E-state index contributed by atoms with van der Waals surface area (Å²) in [6, 6.07) is 0. The zero-order chi connectivity index (χ0) is 15.2. The predicted octanol–water partition coefficient (Wildman–Crippen LogP) is 2.29. The lowest BCUT2D eigenvalue weighted by molar-refractivity contribution is -0.129. The first-order chi connectivity index (χ1) is 9.29. The normalized spacial score (nSPS) is 21.2. The van der Waals surface area contributed by atoms with Gasteiger partial charge in [0.05, 0.1) is 12.7 Å². The van der Waals surface area contributed by atoms with Crippen molar-refractivity contribution in [3.63, 3.8) is 0 Å². The van der Waals surface area contributed by atoms with Gasteiger partial charge in [-0.15, -0.1) is 0 Å². The molecule has 1 unspecified atom stereocenters. The number of carbonyl (C=O) groups is 1. The maximum atomic E-state index is 11.9. The summed E-state index contributed by atoms with van der Waals surface area (Å²) >= 11 is 0. The molecule has 1 N–H and O–H groups in total. The number of rotatable bonds is 6. The Morgan fingerprint density at radius 2 is 2.10 bits per heavy atom. The van der Waals surface area contributed by atoms with E-state index in [2.05, 4.69) is 24.1 Å². The molecule has 0 aromatic carbocycles. The third-order valence-corrected chi connectivity index (χ3v) is 3.65. The van der Waals surface area contributed by atoms with E-state index >= 15 is 0 Å². The number of amides is 1. The van der Waals surface area contributed by atoms with E-state index in [9.17, 15) is 4.79 Å². The molecule has 0 aliphatic carbocycles. The number of hydrogen-bond acceptors (Lipinski definition) is 3. The maximum absolute atomic E-state index is 11.9. The standard InChI is InChI=1S/C16H32N2O2/c1-13(2)7-6-8-18-9-10-20-14(12-18)11-17-15(19)16(3,4)5/h13-14H,6-12H2,1-5H3,(H,17,19). The molecule has 0 aromatic rings. The maximum Gasteiger partial charge on any atom is 0.225 e. The number of morpholine rings is 1. The van der Waals surface area contributed by atoms with Gasteiger partial charge < -0.3 is 10.1 Å². The van der Waals surface area contributed by atoms with Crippen LogP contribution in [0.25, 0.3) is 0 Å². The smallest absolute Gasteiger partial charge is 0.225 e. The minimum absolute atomic E-state index is 0.0954. The summed E-state index contributed by atoms with van der Waals surface area (Å²) in [7, 11) is 0. The summed E-state index contributed by atoms with van der Waals surface area (Å²) in [5, 5.41) is 3.00. The van der Waals surface area contributed by atoms with Gasteiger partial charge in [-0.1, -0.05) is 34.6 Å². The van der Waals surface area contributed by atoms with Crippen molar-refractivity contribution in [2.45, 2.75) is 53.6 Å². The zero-order valence-corrected chi connectivity index (χ0v) is 13.9. The number of nitrogens with zero attached hydrogens (tertiary/aromatic N) is 1. The van der Waals surface area contributed by atoms with Gasteiger partial charge >= 0.3 is 0 Å². The van der Waals surface area contributed by atoms with Crippen LogP contribution in [0.5, 0.6) is 0 Å². The lowest BCUT2D eigenvalue weighted by atomic mass is 9.95. The molecule has 1 saturated heterocycles. The Morgan fingerprint density at radius 3 is 2.70 bits per heavy atom. The van der Waals surface area contributed by atoms with Crippen molar-refractivity contribution < 1.29 is 9.53 Å². The SMILES string of the molecule is CC(C)CCCN1CCOC(CNC(=O)C(C)(C)C)C1. The minimum atomic E-state index is -0.328. The lowest BCUT2D eigenvalue weighted by Crippen LogP contribution is -2.49. The first kappa shape index (κ1) is 17.4. The van der Waals surface area contributed by atoms with Crippen LogP contribution in [0.3, 0.4) is 0 Å². The monoisotopic (exact) mass is 284 g/mol. The molecule has 118 valence electrons. The van der Waals surface area contributed by atoms with Crippen molar-refractivity contribution in [1.29, 1.82) is 0 Å². The van der Waals surface area contributed by atoms with Crippen LogP contribution < -0.4 is 5.32 Å². The number of ether oxygens (including phenoxy) is 1. The van der Waals surface area contributed by atoms with Gasteiger partial charge in [0, 0.05) is 25.0 Å². The third-order valence-electron chi connectivity index (χ3n) is 3.65. The summed E-state index contributed by atoms with van der Waals surface area (Å²) in [5.41, 5.74) is -0.328. The summed E-state index contributed by atoms with van der Waals surface area (Å²) in [6.45, 7) is 14.8. The highest BCUT2D eigenvalue weighted by Gasteiger charge is 2.24. The van der Waals surface area contributed by atoms with Gasteiger partial charge in [-0.05, 0) is 25.3 Å². The van der Waals surface area contributed by atoms with Crippen LogP contribution in [-0.2, 0) is 9.53 Å². The largest absolute Gasteiger partial charge is 0.374 e. The van der Waals surface area contributed by atoms with E-state index in [-0.39, 0.29) is 17.4 Å². The Balaban J connectivity index is 2.25. The molecule has 1 aliphatic rings. The third kappa shape index (κ3) is 6.71. The summed E-state index contributed by atoms with van der Waals surface area (Å²) in [5.74, 6) is 0.871. The Bertz CT molecular complexity index is 297. The van der Waals surface area contributed by atoms with Crippen LogP contribution in [0, 0.1) is 11.3 Å². The molecule has 1 heterocycles. The first-order valence-electron chi connectivity index (χ1n) is 7.91. The second kappa shape index (κ2) is 7.99. The van der Waals surface area contributed by atoms with Gasteiger partial charge in [0.1, 0.15) is 0 Å². The van der Waals surface area contributed by atoms with E-state index in [4.69, 9.17) is 4.74 Å². The van der Waals surface area contributed by atoms with Crippen LogP contribution in [0.4, 0.5) is 0 Å². The van der Waals surface area contributed by atoms with Crippen LogP contribution in [0.1, 0.15) is 47.5 Å². The second-order valence-electron chi connectivity index (χ2n) is 7.29. The summed E-state index contributed by atoms with van der Waals surface area (Å²) in [4.78, 5) is 14.3. The molecule has 1 rings (SSSR count). The molecule has 0 bridgehead atoms. The number of nitrogens with one attached hydrogen (secondary N) is 1. The Kier molecular flexibility index (Phi) is 6.96. The van der Waals surface area contributed by atoms with Gasteiger partial charge in [0.25, 0.3) is 0 Å². The van der Waals surface area contributed by atoms with E-state index < -0.39 is 0 Å². The fourth-order valence-corrected chi connectivity index (χ4v) is 2.30. The van der Waals surface area contributed by atoms with Gasteiger partial charge in [-0.2, -0.15) is 0 Å². The molecule has 1 aliphatic heterocycles. The fourth-order valence-electron chi connectivity index (χ4n) is 2.30. The molecule has 0 saturated carbocycles. The second-order valence-corrected chi connectivity index (χ2v) is 7.29. The van der Waals surface area contributed by atoms with Crippen molar-refractivity contribution in [3.8, 4) is 0 Å². The first-order valence-corrected chi connectivity index (χ1v) is 7.91. The van der Waals surface area contributed by atoms with Crippen molar-refractivity contribution in [3.05, 3.63) is 0 Å². The summed E-state index contributed by atoms with van der Waals surface area (Å²) in [6.07, 6.45) is 2.66. The molecule has 0 radical (unpaired) electrons. The average molecular weight is 284 g/mol. The van der Waals surface area contributed by atoms with Gasteiger partial charge in [0.15, 0.2) is 0 Å². The van der Waals surface area contributed by atoms with E-state index in [0.29, 0.717) is 6.54 Å². The van der Waals surface area contributed by atoms with E-state index in [1.165, 1.54) is 12.8 Å². The average Bonchev–Trinajstić information content (AvgIpc) is 2.35. The van der Waals surface area contributed by atoms with Gasteiger partial charge in [-0.25, -0.2) is 0 Å². The fraction of sp³-hybridized carbons (Fsp3) is 0.938. The molecular formula is C16H32N2O2. The van der Waals surface area contributed by atoms with Gasteiger partial charge in [0.2, 0.25) is 5.91 Å². The van der Waals surface area contributed by atoms with Crippen LogP contribution in [0.15, 0.2) is 0 Å². The van der Waals surface area contributed by atoms with Crippen molar-refractivity contribution in [2.24, 2.45) is 11.3 Å². The summed E-state index contributed by atoms with van der Waals surface area (Å²) < 4.78 is 5.74. The molecule has 0 aromatic heterocycles. The molecule has 0 spiro atoms. The predicted molar refractivity (Wildman–Crippen MR) is 82.7 cm³/mol. The van der Waals surface area contributed by atoms with Crippen LogP contribution in [0.2, 0.25) is 0 Å². The highest BCUT2D eigenvalue weighted by Crippen LogP contribution is 2.13. The molecule has 1 atom stereocenters. The highest BCUT2D eigenvalue weighted by molar-refractivity contribution is 5.81. The molecule has 4 heteroatoms. The minimum Gasteiger partial charge on any atom is -0.374 e. The lowest BCUT2D eigenvalue weighted by Gasteiger charge is -2.33. The highest BCUT2D eigenvalue weighted by atomic mass is 16.5. The topological polar surface area (TPSA) is 41.6 Å². The zero-order valence-electron chi connectivity index (χ0n) is 13.9. The molecule has 1 fully saturated rings. The van der Waals surface area contributed by atoms with Gasteiger partial charge in [-0.3, -0.25) is 9.69 Å². The molecule has 4 nitrogen and oxygen atoms in total. The number of hydrogen-bond donors (Lipinski definition) is 1. The van der Waals surface area contributed by atoms with Crippen LogP contribution >= 0.6 is 0 Å². The van der Waals surface area contributed by atoms with Crippen molar-refractivity contribution in [2.75, 3.05) is 32.8 Å². The van der Waals surface area contributed by atoms with Crippen molar-refractivity contribution in [1.82, 2.24) is 10.2 Å². The van der Waals surface area contributed by atoms with Crippen LogP contribution in [-0.4, -0.2) is 49.7 Å². The van der Waals surface area contributed by atoms with E-state index in [1.807, 2.05) is 20.8 Å². The quantitative estimate of drug-likeness (QED) is 0.813. The Morgan fingerprint density at radius 1 is 1.40 bits per heavy atom.